The lowest BCUT2D eigenvalue weighted by Gasteiger charge is -2.15. The Morgan fingerprint density at radius 1 is 1.50 bits per heavy atom. The highest BCUT2D eigenvalue weighted by Crippen LogP contribution is 2.29. The Morgan fingerprint density at radius 3 is 2.58 bits per heavy atom. The monoisotopic (exact) mass is 169 g/mol. The van der Waals surface area contributed by atoms with Crippen molar-refractivity contribution in [3.05, 3.63) is 12.3 Å². The van der Waals surface area contributed by atoms with Crippen molar-refractivity contribution < 1.29 is 5.11 Å². The molecule has 1 rings (SSSR count). The van der Waals surface area contributed by atoms with E-state index in [0.717, 1.165) is 12.8 Å². The molecule has 0 bridgehead atoms. The third-order valence-electron chi connectivity index (χ3n) is 2.47. The second kappa shape index (κ2) is 3.94. The van der Waals surface area contributed by atoms with Gasteiger partial charge < -0.3 is 10.4 Å². The molecule has 1 aliphatic carbocycles. The summed E-state index contributed by atoms with van der Waals surface area (Å²) in [5.41, 5.74) is 0. The van der Waals surface area contributed by atoms with Crippen LogP contribution in [0.15, 0.2) is 12.3 Å². The van der Waals surface area contributed by atoms with Crippen LogP contribution in [0.1, 0.15) is 33.1 Å². The molecule has 2 nitrogen and oxygen atoms in total. The van der Waals surface area contributed by atoms with Gasteiger partial charge in [-0.1, -0.05) is 20.4 Å². The van der Waals surface area contributed by atoms with Crippen LogP contribution in [0.5, 0.6) is 0 Å². The lowest BCUT2D eigenvalue weighted by molar-refractivity contribution is 0.329. The zero-order valence-electron chi connectivity index (χ0n) is 8.01. The average Bonchev–Trinajstić information content (AvgIpc) is 2.34. The number of rotatable bonds is 3. The second-order valence-electron chi connectivity index (χ2n) is 4.02. The molecule has 1 aliphatic rings. The Balaban J connectivity index is 2.30. The van der Waals surface area contributed by atoms with Crippen molar-refractivity contribution in [1.29, 1.82) is 0 Å². The van der Waals surface area contributed by atoms with E-state index in [1.807, 2.05) is 0 Å². The molecule has 0 unspecified atom stereocenters. The van der Waals surface area contributed by atoms with E-state index in [1.165, 1.54) is 6.42 Å². The lowest BCUT2D eigenvalue weighted by Crippen LogP contribution is -2.32. The third-order valence-corrected chi connectivity index (χ3v) is 2.47. The van der Waals surface area contributed by atoms with Crippen molar-refractivity contribution in [3.63, 3.8) is 0 Å². The quantitative estimate of drug-likeness (QED) is 0.635. The van der Waals surface area contributed by atoms with Gasteiger partial charge in [0.05, 0.1) is 5.76 Å². The van der Waals surface area contributed by atoms with E-state index in [0.29, 0.717) is 23.8 Å². The van der Waals surface area contributed by atoms with Gasteiger partial charge >= 0.3 is 0 Å². The van der Waals surface area contributed by atoms with Crippen molar-refractivity contribution in [1.82, 2.24) is 5.32 Å². The Hall–Kier alpha value is -0.500. The van der Waals surface area contributed by atoms with Crippen LogP contribution in [-0.2, 0) is 0 Å². The molecule has 0 aromatic rings. The number of hydrogen-bond acceptors (Lipinski definition) is 2. The van der Waals surface area contributed by atoms with Crippen molar-refractivity contribution >= 4 is 0 Å². The van der Waals surface area contributed by atoms with Crippen LogP contribution in [0.4, 0.5) is 0 Å². The van der Waals surface area contributed by atoms with Crippen LogP contribution < -0.4 is 5.32 Å². The Bertz CT molecular complexity index is 165. The van der Waals surface area contributed by atoms with E-state index < -0.39 is 0 Å². The van der Waals surface area contributed by atoms with E-state index in [2.05, 4.69) is 25.7 Å². The van der Waals surface area contributed by atoms with Gasteiger partial charge in [0.25, 0.3) is 0 Å². The van der Waals surface area contributed by atoms with Gasteiger partial charge in [-0.15, -0.1) is 0 Å². The van der Waals surface area contributed by atoms with E-state index >= 15 is 0 Å². The normalized spacial score (nSPS) is 29.6. The van der Waals surface area contributed by atoms with E-state index in [1.54, 1.807) is 0 Å². The first-order valence-corrected chi connectivity index (χ1v) is 4.73. The SMILES string of the molecule is C=C(O)[C@@H]1CC[C@H](NC(C)C)C1. The third kappa shape index (κ3) is 2.52. The number of nitrogens with one attached hydrogen (secondary N) is 1. The van der Waals surface area contributed by atoms with Crippen LogP contribution in [-0.4, -0.2) is 17.2 Å². The summed E-state index contributed by atoms with van der Waals surface area (Å²) in [6.45, 7) is 7.89. The van der Waals surface area contributed by atoms with Crippen molar-refractivity contribution in [2.75, 3.05) is 0 Å². The Labute approximate surface area is 74.7 Å². The first-order chi connectivity index (χ1) is 5.59. The molecule has 0 heterocycles. The highest BCUT2D eigenvalue weighted by molar-refractivity contribution is 4.96. The highest BCUT2D eigenvalue weighted by atomic mass is 16.3. The first kappa shape index (κ1) is 9.59. The summed E-state index contributed by atoms with van der Waals surface area (Å²) in [6.07, 6.45) is 3.30. The maximum absolute atomic E-state index is 9.18. The summed E-state index contributed by atoms with van der Waals surface area (Å²) in [6, 6.07) is 1.12. The highest BCUT2D eigenvalue weighted by Gasteiger charge is 2.26. The zero-order chi connectivity index (χ0) is 9.14. The first-order valence-electron chi connectivity index (χ1n) is 4.73. The molecule has 0 saturated heterocycles. The molecule has 0 radical (unpaired) electrons. The topological polar surface area (TPSA) is 32.3 Å². The van der Waals surface area contributed by atoms with Crippen LogP contribution in [0.3, 0.4) is 0 Å². The molecule has 1 fully saturated rings. The number of aliphatic hydroxyl groups is 1. The minimum atomic E-state index is 0.334. The summed E-state index contributed by atoms with van der Waals surface area (Å²) >= 11 is 0. The van der Waals surface area contributed by atoms with Gasteiger partial charge in [-0.25, -0.2) is 0 Å². The smallest absolute Gasteiger partial charge is 0.0882 e. The average molecular weight is 169 g/mol. The largest absolute Gasteiger partial charge is 0.513 e. The van der Waals surface area contributed by atoms with Gasteiger partial charge in [-0.3, -0.25) is 0 Å². The minimum Gasteiger partial charge on any atom is -0.513 e. The fourth-order valence-electron chi connectivity index (χ4n) is 1.91. The number of allylic oxidation sites excluding steroid dienone is 1. The molecule has 2 heteroatoms. The summed E-state index contributed by atoms with van der Waals surface area (Å²) in [5, 5.41) is 12.7. The summed E-state index contributed by atoms with van der Waals surface area (Å²) in [7, 11) is 0. The maximum atomic E-state index is 9.18. The molecule has 12 heavy (non-hydrogen) atoms. The molecule has 0 aromatic carbocycles. The predicted octanol–water partition coefficient (Wildman–Crippen LogP) is 2.22. The van der Waals surface area contributed by atoms with Gasteiger partial charge in [0, 0.05) is 18.0 Å². The van der Waals surface area contributed by atoms with Gasteiger partial charge in [-0.2, -0.15) is 0 Å². The van der Waals surface area contributed by atoms with Crippen molar-refractivity contribution in [3.8, 4) is 0 Å². The molecule has 2 N–H and O–H groups in total. The van der Waals surface area contributed by atoms with Gasteiger partial charge in [-0.05, 0) is 19.3 Å². The second-order valence-corrected chi connectivity index (χ2v) is 4.02. The summed E-state index contributed by atoms with van der Waals surface area (Å²) in [4.78, 5) is 0. The predicted molar refractivity (Wildman–Crippen MR) is 51.2 cm³/mol. The van der Waals surface area contributed by atoms with Crippen LogP contribution >= 0.6 is 0 Å². The summed E-state index contributed by atoms with van der Waals surface area (Å²) < 4.78 is 0. The molecular formula is C10H19NO. The molecule has 70 valence electrons. The summed E-state index contributed by atoms with van der Waals surface area (Å²) in [5.74, 6) is 0.698. The molecule has 0 aliphatic heterocycles. The van der Waals surface area contributed by atoms with E-state index in [4.69, 9.17) is 0 Å². The maximum Gasteiger partial charge on any atom is 0.0882 e. The van der Waals surface area contributed by atoms with Crippen LogP contribution in [0.2, 0.25) is 0 Å². The fraction of sp³-hybridized carbons (Fsp3) is 0.800. The molecule has 0 aromatic heterocycles. The van der Waals surface area contributed by atoms with Crippen LogP contribution in [0, 0.1) is 5.92 Å². The van der Waals surface area contributed by atoms with Crippen LogP contribution in [0.25, 0.3) is 0 Å². The van der Waals surface area contributed by atoms with E-state index in [9.17, 15) is 5.11 Å². The molecule has 1 saturated carbocycles. The Kier molecular flexibility index (Phi) is 3.15. The Morgan fingerprint density at radius 2 is 2.17 bits per heavy atom. The van der Waals surface area contributed by atoms with Gasteiger partial charge in [0.2, 0.25) is 0 Å². The molecular weight excluding hydrogens is 150 g/mol. The van der Waals surface area contributed by atoms with Crippen molar-refractivity contribution in [2.45, 2.75) is 45.2 Å². The molecule has 0 spiro atoms. The van der Waals surface area contributed by atoms with E-state index in [-0.39, 0.29) is 0 Å². The zero-order valence-corrected chi connectivity index (χ0v) is 8.01. The minimum absolute atomic E-state index is 0.334. The fourth-order valence-corrected chi connectivity index (χ4v) is 1.91. The van der Waals surface area contributed by atoms with Crippen molar-refractivity contribution in [2.24, 2.45) is 5.92 Å². The number of aliphatic hydroxyl groups excluding tert-OH is 1. The van der Waals surface area contributed by atoms with Gasteiger partial charge in [0.15, 0.2) is 0 Å². The number of hydrogen-bond donors (Lipinski definition) is 2. The molecule has 2 atom stereocenters. The standard InChI is InChI=1S/C10H19NO/c1-7(2)11-10-5-4-9(6-10)8(3)12/h7,9-12H,3-6H2,1-2H3/t9-,10+/m1/s1. The molecule has 0 amide bonds. The van der Waals surface area contributed by atoms with Gasteiger partial charge in [0.1, 0.15) is 0 Å². The lowest BCUT2D eigenvalue weighted by atomic mass is 10.1.